The van der Waals surface area contributed by atoms with Crippen molar-refractivity contribution in [2.45, 2.75) is 38.2 Å². The Labute approximate surface area is 108 Å². The third-order valence-corrected chi connectivity index (χ3v) is 4.81. The van der Waals surface area contributed by atoms with Crippen LogP contribution in [-0.2, 0) is 4.74 Å². The Bertz CT molecular complexity index is 380. The molecule has 1 fully saturated rings. The summed E-state index contributed by atoms with van der Waals surface area (Å²) in [6.45, 7) is 2.56. The lowest BCUT2D eigenvalue weighted by Crippen LogP contribution is -2.38. The van der Waals surface area contributed by atoms with Crippen LogP contribution in [0.25, 0.3) is 0 Å². The van der Waals surface area contributed by atoms with Gasteiger partial charge in [0.2, 0.25) is 0 Å². The number of Topliss-reactive ketones (excluding diaryl/α,β-unsaturated/α-hetero) is 1. The molecule has 0 unspecified atom stereocenters. The van der Waals surface area contributed by atoms with Gasteiger partial charge in [-0.1, -0.05) is 0 Å². The highest BCUT2D eigenvalue weighted by atomic mass is 79.9. The molecular formula is C12H15BrO2S. The summed E-state index contributed by atoms with van der Waals surface area (Å²) in [5.41, 5.74) is 0.235. The predicted octanol–water partition coefficient (Wildman–Crippen LogP) is 4.04. The summed E-state index contributed by atoms with van der Waals surface area (Å²) in [4.78, 5) is 12.5. The summed E-state index contributed by atoms with van der Waals surface area (Å²) >= 11 is 4.97. The van der Waals surface area contributed by atoms with Crippen LogP contribution in [0, 0.1) is 0 Å². The molecule has 1 heterocycles. The van der Waals surface area contributed by atoms with Gasteiger partial charge >= 0.3 is 0 Å². The molecule has 1 aromatic rings. The zero-order chi connectivity index (χ0) is 11.6. The van der Waals surface area contributed by atoms with Gasteiger partial charge < -0.3 is 4.74 Å². The second kappa shape index (κ2) is 4.98. The Morgan fingerprint density at radius 1 is 1.50 bits per heavy atom. The van der Waals surface area contributed by atoms with Crippen LogP contribution in [0.2, 0.25) is 0 Å². The minimum Gasteiger partial charge on any atom is -0.367 e. The van der Waals surface area contributed by atoms with Crippen molar-refractivity contribution in [3.63, 3.8) is 0 Å². The number of carbonyl (C=O) groups is 1. The van der Waals surface area contributed by atoms with Crippen LogP contribution in [0.1, 0.15) is 43.0 Å². The van der Waals surface area contributed by atoms with Crippen molar-refractivity contribution in [2.24, 2.45) is 0 Å². The van der Waals surface area contributed by atoms with Gasteiger partial charge in [-0.25, -0.2) is 0 Å². The summed E-state index contributed by atoms with van der Waals surface area (Å²) < 4.78 is 6.66. The highest BCUT2D eigenvalue weighted by Gasteiger charge is 2.42. The van der Waals surface area contributed by atoms with E-state index in [-0.39, 0.29) is 5.78 Å². The highest BCUT2D eigenvalue weighted by Crippen LogP contribution is 2.38. The van der Waals surface area contributed by atoms with Crippen LogP contribution in [0.3, 0.4) is 0 Å². The summed E-state index contributed by atoms with van der Waals surface area (Å²) in [6.07, 6.45) is 3.91. The maximum atomic E-state index is 12.5. The lowest BCUT2D eigenvalue weighted by molar-refractivity contribution is -0.0163. The first-order valence-electron chi connectivity index (χ1n) is 5.60. The zero-order valence-electron chi connectivity index (χ0n) is 9.29. The molecule has 2 rings (SSSR count). The molecule has 1 aliphatic carbocycles. The van der Waals surface area contributed by atoms with Gasteiger partial charge in [-0.15, -0.1) is 0 Å². The molecule has 0 bridgehead atoms. The zero-order valence-corrected chi connectivity index (χ0v) is 11.7. The van der Waals surface area contributed by atoms with Crippen molar-refractivity contribution in [1.29, 1.82) is 0 Å². The van der Waals surface area contributed by atoms with E-state index in [1.54, 1.807) is 11.3 Å². The van der Waals surface area contributed by atoms with Gasteiger partial charge in [-0.2, -0.15) is 11.3 Å². The Hall–Kier alpha value is -0.190. The van der Waals surface area contributed by atoms with E-state index in [0.29, 0.717) is 6.61 Å². The van der Waals surface area contributed by atoms with Crippen LogP contribution in [0.4, 0.5) is 0 Å². The molecule has 0 N–H and O–H groups in total. The largest absolute Gasteiger partial charge is 0.367 e. The molecular weight excluding hydrogens is 288 g/mol. The molecule has 88 valence electrons. The third-order valence-electron chi connectivity index (χ3n) is 3.11. The van der Waals surface area contributed by atoms with Crippen LogP contribution >= 0.6 is 27.3 Å². The second-order valence-electron chi connectivity index (χ2n) is 4.10. The molecule has 1 saturated carbocycles. The van der Waals surface area contributed by atoms with Gasteiger partial charge in [0.1, 0.15) is 5.60 Å². The minimum absolute atomic E-state index is 0.153. The van der Waals surface area contributed by atoms with Crippen molar-refractivity contribution >= 4 is 33.0 Å². The number of thiophene rings is 1. The number of hydrogen-bond acceptors (Lipinski definition) is 3. The molecule has 0 aliphatic heterocycles. The molecule has 0 spiro atoms. The summed E-state index contributed by atoms with van der Waals surface area (Å²) in [5.74, 6) is 0.153. The van der Waals surface area contributed by atoms with E-state index >= 15 is 0 Å². The van der Waals surface area contributed by atoms with Crippen molar-refractivity contribution in [1.82, 2.24) is 0 Å². The maximum absolute atomic E-state index is 12.5. The van der Waals surface area contributed by atoms with Crippen molar-refractivity contribution < 1.29 is 9.53 Å². The SMILES string of the molecule is CCOC1(C(=O)c2cscc2Br)CCCC1. The summed E-state index contributed by atoms with van der Waals surface area (Å²) in [6, 6.07) is 0. The van der Waals surface area contributed by atoms with E-state index in [2.05, 4.69) is 15.9 Å². The first-order valence-corrected chi connectivity index (χ1v) is 7.33. The van der Waals surface area contributed by atoms with E-state index in [1.165, 1.54) is 0 Å². The van der Waals surface area contributed by atoms with Gasteiger partial charge in [0.05, 0.1) is 0 Å². The third kappa shape index (κ3) is 2.11. The number of ketones is 1. The first-order chi connectivity index (χ1) is 7.69. The highest BCUT2D eigenvalue weighted by molar-refractivity contribution is 9.10. The normalized spacial score (nSPS) is 18.9. The lowest BCUT2D eigenvalue weighted by Gasteiger charge is -2.27. The van der Waals surface area contributed by atoms with Gasteiger partial charge in [-0.3, -0.25) is 4.79 Å². The van der Waals surface area contributed by atoms with Crippen LogP contribution in [0.15, 0.2) is 15.2 Å². The number of hydrogen-bond donors (Lipinski definition) is 0. The Kier molecular flexibility index (Phi) is 3.82. The second-order valence-corrected chi connectivity index (χ2v) is 5.69. The molecule has 0 amide bonds. The smallest absolute Gasteiger partial charge is 0.196 e. The summed E-state index contributed by atoms with van der Waals surface area (Å²) in [7, 11) is 0. The minimum atomic E-state index is -0.543. The van der Waals surface area contributed by atoms with Crippen LogP contribution < -0.4 is 0 Å². The van der Waals surface area contributed by atoms with Gasteiger partial charge in [0.25, 0.3) is 0 Å². The molecule has 0 atom stereocenters. The monoisotopic (exact) mass is 302 g/mol. The topological polar surface area (TPSA) is 26.3 Å². The van der Waals surface area contributed by atoms with Crippen molar-refractivity contribution in [2.75, 3.05) is 6.61 Å². The Morgan fingerprint density at radius 3 is 2.69 bits per heavy atom. The van der Waals surface area contributed by atoms with E-state index in [4.69, 9.17) is 4.74 Å². The predicted molar refractivity (Wildman–Crippen MR) is 69.2 cm³/mol. The number of carbonyl (C=O) groups excluding carboxylic acids is 1. The lowest BCUT2D eigenvalue weighted by atomic mass is 9.92. The van der Waals surface area contributed by atoms with Gasteiger partial charge in [0.15, 0.2) is 5.78 Å². The molecule has 1 aromatic heterocycles. The first kappa shape index (κ1) is 12.3. The van der Waals surface area contributed by atoms with Gasteiger partial charge in [0, 0.05) is 27.4 Å². The van der Waals surface area contributed by atoms with E-state index in [9.17, 15) is 4.79 Å². The average Bonchev–Trinajstić information content (AvgIpc) is 2.87. The fourth-order valence-corrected chi connectivity index (χ4v) is 3.80. The standard InChI is InChI=1S/C12H15BrO2S/c1-2-15-12(5-3-4-6-12)11(14)9-7-16-8-10(9)13/h7-8H,2-6H2,1H3. The fourth-order valence-electron chi connectivity index (χ4n) is 2.35. The Balaban J connectivity index is 2.27. The number of rotatable bonds is 4. The van der Waals surface area contributed by atoms with E-state index < -0.39 is 5.60 Å². The molecule has 0 radical (unpaired) electrons. The van der Waals surface area contributed by atoms with Crippen LogP contribution in [0.5, 0.6) is 0 Å². The number of ether oxygens (including phenoxy) is 1. The van der Waals surface area contributed by atoms with Crippen LogP contribution in [-0.4, -0.2) is 18.0 Å². The fraction of sp³-hybridized carbons (Fsp3) is 0.583. The quantitative estimate of drug-likeness (QED) is 0.785. The molecule has 16 heavy (non-hydrogen) atoms. The van der Waals surface area contributed by atoms with Crippen molar-refractivity contribution in [3.05, 3.63) is 20.8 Å². The number of halogens is 1. The molecule has 2 nitrogen and oxygen atoms in total. The van der Waals surface area contributed by atoms with E-state index in [1.807, 2.05) is 17.7 Å². The van der Waals surface area contributed by atoms with E-state index in [0.717, 1.165) is 35.7 Å². The molecule has 1 aliphatic rings. The molecule has 0 aromatic carbocycles. The maximum Gasteiger partial charge on any atom is 0.196 e. The molecule has 4 heteroatoms. The Morgan fingerprint density at radius 2 is 2.19 bits per heavy atom. The molecule has 0 saturated heterocycles. The van der Waals surface area contributed by atoms with Crippen molar-refractivity contribution in [3.8, 4) is 0 Å². The average molecular weight is 303 g/mol. The van der Waals surface area contributed by atoms with Gasteiger partial charge in [-0.05, 0) is 48.5 Å². The summed E-state index contributed by atoms with van der Waals surface area (Å²) in [5, 5.41) is 3.85.